The maximum Gasteiger partial charge on any atom is 0.170 e. The zero-order chi connectivity index (χ0) is 11.9. The fraction of sp³-hybridized carbons (Fsp3) is 0.462. The first kappa shape index (κ1) is 11.1. The summed E-state index contributed by atoms with van der Waals surface area (Å²) in [6, 6.07) is 4.20. The van der Waals surface area contributed by atoms with Crippen molar-refractivity contribution < 1.29 is 13.9 Å². The molecule has 2 aliphatic heterocycles. The molecule has 0 amide bonds. The van der Waals surface area contributed by atoms with Crippen LogP contribution in [0, 0.1) is 5.82 Å². The summed E-state index contributed by atoms with van der Waals surface area (Å²) < 4.78 is 19.1. The van der Waals surface area contributed by atoms with E-state index in [-0.39, 0.29) is 17.2 Å². The van der Waals surface area contributed by atoms with Crippen LogP contribution in [0.5, 0.6) is 5.75 Å². The number of thioether (sulfide) groups is 1. The van der Waals surface area contributed by atoms with Crippen LogP contribution in [0.25, 0.3) is 0 Å². The summed E-state index contributed by atoms with van der Waals surface area (Å²) in [5, 5.41) is 0. The summed E-state index contributed by atoms with van der Waals surface area (Å²) in [5.41, 5.74) is 0.0709. The molecule has 0 radical (unpaired) electrons. The number of carbonyl (C=O) groups excluding carboxylic acids is 1. The number of halogens is 1. The Hall–Kier alpha value is -1.03. The molecule has 1 aromatic carbocycles. The minimum Gasteiger partial charge on any atom is -0.486 e. The minimum atomic E-state index is -0.379. The van der Waals surface area contributed by atoms with Gasteiger partial charge in [0.2, 0.25) is 0 Å². The lowest BCUT2D eigenvalue weighted by Gasteiger charge is -2.40. The Morgan fingerprint density at radius 1 is 1.29 bits per heavy atom. The topological polar surface area (TPSA) is 26.3 Å². The van der Waals surface area contributed by atoms with Crippen LogP contribution in [0.4, 0.5) is 4.39 Å². The van der Waals surface area contributed by atoms with Gasteiger partial charge in [-0.3, -0.25) is 4.79 Å². The number of ether oxygens (including phenoxy) is 1. The van der Waals surface area contributed by atoms with Gasteiger partial charge in [0.25, 0.3) is 0 Å². The summed E-state index contributed by atoms with van der Waals surface area (Å²) in [7, 11) is 0. The van der Waals surface area contributed by atoms with E-state index in [0.717, 1.165) is 24.3 Å². The molecule has 2 heterocycles. The van der Waals surface area contributed by atoms with Crippen LogP contribution >= 0.6 is 11.8 Å². The van der Waals surface area contributed by atoms with Crippen LogP contribution in [-0.2, 0) is 0 Å². The van der Waals surface area contributed by atoms with Crippen molar-refractivity contribution in [1.29, 1.82) is 0 Å². The van der Waals surface area contributed by atoms with Crippen molar-refractivity contribution in [1.82, 2.24) is 0 Å². The Morgan fingerprint density at radius 3 is 2.82 bits per heavy atom. The van der Waals surface area contributed by atoms with Gasteiger partial charge in [-0.15, -0.1) is 0 Å². The Balaban J connectivity index is 1.97. The monoisotopic (exact) mass is 252 g/mol. The molecular weight excluding hydrogens is 239 g/mol. The minimum absolute atomic E-state index is 0.0117. The van der Waals surface area contributed by atoms with E-state index in [1.807, 2.05) is 11.8 Å². The molecule has 0 atom stereocenters. The van der Waals surface area contributed by atoms with Gasteiger partial charge in [-0.25, -0.2) is 4.39 Å². The molecule has 0 aromatic heterocycles. The van der Waals surface area contributed by atoms with Crippen LogP contribution < -0.4 is 4.74 Å². The highest BCUT2D eigenvalue weighted by molar-refractivity contribution is 7.99. The van der Waals surface area contributed by atoms with E-state index in [9.17, 15) is 9.18 Å². The van der Waals surface area contributed by atoms with Crippen molar-refractivity contribution in [3.05, 3.63) is 29.6 Å². The van der Waals surface area contributed by atoms with E-state index in [4.69, 9.17) is 4.74 Å². The Labute approximate surface area is 104 Å². The number of carbonyl (C=O) groups is 1. The second kappa shape index (κ2) is 4.02. The SMILES string of the molecule is O=C1CC2(CCSCC2)Oc2ccc(F)cc21. The maximum absolute atomic E-state index is 13.1. The predicted molar refractivity (Wildman–Crippen MR) is 65.3 cm³/mol. The second-order valence-electron chi connectivity index (χ2n) is 4.64. The van der Waals surface area contributed by atoms with Gasteiger partial charge in [0.1, 0.15) is 17.2 Å². The second-order valence-corrected chi connectivity index (χ2v) is 5.86. The van der Waals surface area contributed by atoms with E-state index >= 15 is 0 Å². The first-order valence-electron chi connectivity index (χ1n) is 5.78. The van der Waals surface area contributed by atoms with Crippen LogP contribution in [0.1, 0.15) is 29.6 Å². The third-order valence-corrected chi connectivity index (χ3v) is 4.44. The molecule has 1 aromatic rings. The van der Waals surface area contributed by atoms with Gasteiger partial charge in [-0.1, -0.05) is 0 Å². The number of fused-ring (bicyclic) bond motifs is 1. The number of Topliss-reactive ketones (excluding diaryl/α,β-unsaturated/α-hetero) is 1. The van der Waals surface area contributed by atoms with Crippen molar-refractivity contribution in [2.75, 3.05) is 11.5 Å². The molecule has 0 saturated carbocycles. The Morgan fingerprint density at radius 2 is 2.06 bits per heavy atom. The highest BCUT2D eigenvalue weighted by Crippen LogP contribution is 2.40. The number of hydrogen-bond donors (Lipinski definition) is 0. The predicted octanol–water partition coefficient (Wildman–Crippen LogP) is 3.06. The summed E-state index contributed by atoms with van der Waals surface area (Å²) in [6.07, 6.45) is 2.20. The van der Waals surface area contributed by atoms with Gasteiger partial charge in [0.05, 0.1) is 12.0 Å². The molecule has 1 saturated heterocycles. The molecule has 2 nitrogen and oxygen atoms in total. The van der Waals surface area contributed by atoms with Gasteiger partial charge in [-0.2, -0.15) is 11.8 Å². The smallest absolute Gasteiger partial charge is 0.170 e. The summed E-state index contributed by atoms with van der Waals surface area (Å²) >= 11 is 1.90. The zero-order valence-corrected chi connectivity index (χ0v) is 10.2. The summed E-state index contributed by atoms with van der Waals surface area (Å²) in [4.78, 5) is 12.1. The highest BCUT2D eigenvalue weighted by Gasteiger charge is 2.41. The third-order valence-electron chi connectivity index (χ3n) is 3.46. The van der Waals surface area contributed by atoms with Crippen LogP contribution in [0.2, 0.25) is 0 Å². The highest BCUT2D eigenvalue weighted by atomic mass is 32.2. The average Bonchev–Trinajstić information content (AvgIpc) is 2.31. The van der Waals surface area contributed by atoms with Crippen molar-refractivity contribution in [3.8, 4) is 5.75 Å². The number of ketones is 1. The molecule has 3 rings (SSSR count). The fourth-order valence-electron chi connectivity index (χ4n) is 2.49. The molecule has 0 aliphatic carbocycles. The molecule has 2 aliphatic rings. The molecule has 0 N–H and O–H groups in total. The molecule has 0 unspecified atom stereocenters. The molecule has 1 fully saturated rings. The molecule has 4 heteroatoms. The third kappa shape index (κ3) is 1.95. The van der Waals surface area contributed by atoms with Gasteiger partial charge in [0.15, 0.2) is 5.78 Å². The first-order valence-corrected chi connectivity index (χ1v) is 6.94. The van der Waals surface area contributed by atoms with Crippen molar-refractivity contribution in [3.63, 3.8) is 0 Å². The lowest BCUT2D eigenvalue weighted by Crippen LogP contribution is -2.44. The lowest BCUT2D eigenvalue weighted by atomic mass is 9.85. The number of benzene rings is 1. The van der Waals surface area contributed by atoms with Crippen molar-refractivity contribution in [2.45, 2.75) is 24.9 Å². The quantitative estimate of drug-likeness (QED) is 0.710. The fourth-order valence-corrected chi connectivity index (χ4v) is 3.73. The van der Waals surface area contributed by atoms with Gasteiger partial charge >= 0.3 is 0 Å². The van der Waals surface area contributed by atoms with Crippen molar-refractivity contribution >= 4 is 17.5 Å². The largest absolute Gasteiger partial charge is 0.486 e. The molecular formula is C13H13FO2S. The van der Waals surface area contributed by atoms with Gasteiger partial charge in [-0.05, 0) is 42.5 Å². The number of hydrogen-bond acceptors (Lipinski definition) is 3. The van der Waals surface area contributed by atoms with E-state index in [2.05, 4.69) is 0 Å². The van der Waals surface area contributed by atoms with Gasteiger partial charge in [0, 0.05) is 0 Å². The van der Waals surface area contributed by atoms with Crippen molar-refractivity contribution in [2.24, 2.45) is 0 Å². The average molecular weight is 252 g/mol. The zero-order valence-electron chi connectivity index (χ0n) is 9.37. The number of rotatable bonds is 0. The van der Waals surface area contributed by atoms with E-state index in [1.54, 1.807) is 6.07 Å². The van der Waals surface area contributed by atoms with Crippen LogP contribution in [0.15, 0.2) is 18.2 Å². The maximum atomic E-state index is 13.1. The van der Waals surface area contributed by atoms with Crippen LogP contribution in [0.3, 0.4) is 0 Å². The van der Waals surface area contributed by atoms with E-state index in [1.165, 1.54) is 12.1 Å². The standard InChI is InChI=1S/C13H13FO2S/c14-9-1-2-12-10(7-9)11(15)8-13(16-12)3-5-17-6-4-13/h1-2,7H,3-6,8H2. The summed E-state index contributed by atoms with van der Waals surface area (Å²) in [6.45, 7) is 0. The Bertz CT molecular complexity index is 466. The van der Waals surface area contributed by atoms with E-state index in [0.29, 0.717) is 17.7 Å². The first-order chi connectivity index (χ1) is 8.19. The van der Waals surface area contributed by atoms with E-state index < -0.39 is 0 Å². The molecule has 0 bridgehead atoms. The van der Waals surface area contributed by atoms with Crippen LogP contribution in [-0.4, -0.2) is 22.9 Å². The summed E-state index contributed by atoms with van der Waals surface area (Å²) in [5.74, 6) is 2.25. The Kier molecular flexibility index (Phi) is 2.62. The van der Waals surface area contributed by atoms with Gasteiger partial charge < -0.3 is 4.74 Å². The molecule has 90 valence electrons. The molecule has 1 spiro atoms. The molecule has 17 heavy (non-hydrogen) atoms. The lowest BCUT2D eigenvalue weighted by molar-refractivity contribution is 0.0346. The normalized spacial score (nSPS) is 22.1.